The summed E-state index contributed by atoms with van der Waals surface area (Å²) in [5, 5.41) is 18.6. The molecule has 48 heavy (non-hydrogen) atoms. The summed E-state index contributed by atoms with van der Waals surface area (Å²) < 4.78 is 3.83. The summed E-state index contributed by atoms with van der Waals surface area (Å²) in [6, 6.07) is 23.3. The Labute approximate surface area is 277 Å². The molecule has 9 heteroatoms. The SMILES string of the molecule is Cn1c(C(=O)O)cc2cc(NC(=O)C3(NC(=O)c4ccc5c(C6CCCC6)c(-c6ccc7ncccc7c6)n(C)c5c4)CCC3)ccc21. The fraction of sp³-hybridized carbons (Fsp3) is 0.282. The van der Waals surface area contributed by atoms with Crippen LogP contribution in [0.1, 0.15) is 77.3 Å². The molecule has 3 aromatic carbocycles. The van der Waals surface area contributed by atoms with E-state index in [1.165, 1.54) is 29.5 Å². The zero-order valence-electron chi connectivity index (χ0n) is 27.0. The highest BCUT2D eigenvalue weighted by Gasteiger charge is 2.45. The Balaban J connectivity index is 1.10. The number of nitrogens with one attached hydrogen (secondary N) is 2. The van der Waals surface area contributed by atoms with Crippen LogP contribution in [0.5, 0.6) is 0 Å². The Kier molecular flexibility index (Phi) is 7.09. The van der Waals surface area contributed by atoms with E-state index in [2.05, 4.69) is 57.6 Å². The Morgan fingerprint density at radius 3 is 2.42 bits per heavy atom. The van der Waals surface area contributed by atoms with Crippen LogP contribution in [-0.2, 0) is 18.9 Å². The van der Waals surface area contributed by atoms with Crippen molar-refractivity contribution >= 4 is 56.2 Å². The van der Waals surface area contributed by atoms with E-state index in [4.69, 9.17) is 0 Å². The molecule has 3 N–H and O–H groups in total. The Hall–Kier alpha value is -5.44. The van der Waals surface area contributed by atoms with Gasteiger partial charge in [-0.1, -0.05) is 31.0 Å². The number of pyridine rings is 1. The Morgan fingerprint density at radius 2 is 1.67 bits per heavy atom. The summed E-state index contributed by atoms with van der Waals surface area (Å²) >= 11 is 0. The number of aryl methyl sites for hydroxylation is 2. The van der Waals surface area contributed by atoms with E-state index in [-0.39, 0.29) is 17.5 Å². The number of aromatic carboxylic acids is 1. The van der Waals surface area contributed by atoms with Crippen molar-refractivity contribution in [3.63, 3.8) is 0 Å². The molecule has 3 aromatic heterocycles. The van der Waals surface area contributed by atoms with Gasteiger partial charge < -0.3 is 24.9 Å². The summed E-state index contributed by atoms with van der Waals surface area (Å²) in [5.74, 6) is -1.10. The van der Waals surface area contributed by atoms with Crippen LogP contribution >= 0.6 is 0 Å². The van der Waals surface area contributed by atoms with Gasteiger partial charge in [-0.25, -0.2) is 4.79 Å². The number of rotatable bonds is 7. The molecule has 8 rings (SSSR count). The van der Waals surface area contributed by atoms with Gasteiger partial charge in [-0.05, 0) is 104 Å². The highest BCUT2D eigenvalue weighted by atomic mass is 16.4. The zero-order chi connectivity index (χ0) is 33.2. The number of nitrogens with zero attached hydrogens (tertiary/aromatic N) is 3. The van der Waals surface area contributed by atoms with E-state index in [1.54, 1.807) is 35.9 Å². The van der Waals surface area contributed by atoms with Gasteiger partial charge in [0.2, 0.25) is 5.91 Å². The molecule has 2 saturated carbocycles. The summed E-state index contributed by atoms with van der Waals surface area (Å²) in [7, 11) is 3.78. The van der Waals surface area contributed by atoms with Gasteiger partial charge in [0.25, 0.3) is 5.91 Å². The van der Waals surface area contributed by atoms with Crippen LogP contribution in [0.15, 0.2) is 79.0 Å². The molecule has 0 unspecified atom stereocenters. The lowest BCUT2D eigenvalue weighted by Crippen LogP contribution is -2.61. The molecule has 242 valence electrons. The van der Waals surface area contributed by atoms with Gasteiger partial charge in [-0.15, -0.1) is 0 Å². The van der Waals surface area contributed by atoms with Crippen molar-refractivity contribution in [2.75, 3.05) is 5.32 Å². The number of hydrogen-bond acceptors (Lipinski definition) is 4. The topological polar surface area (TPSA) is 118 Å². The molecule has 2 aliphatic carbocycles. The maximum absolute atomic E-state index is 13.8. The summed E-state index contributed by atoms with van der Waals surface area (Å²) in [4.78, 5) is 43.6. The van der Waals surface area contributed by atoms with Gasteiger partial charge in [0, 0.05) is 58.7 Å². The third kappa shape index (κ3) is 4.84. The summed E-state index contributed by atoms with van der Waals surface area (Å²) in [6.07, 6.45) is 8.47. The second kappa shape index (κ2) is 11.4. The van der Waals surface area contributed by atoms with Crippen LogP contribution in [0.3, 0.4) is 0 Å². The predicted octanol–water partition coefficient (Wildman–Crippen LogP) is 7.53. The lowest BCUT2D eigenvalue weighted by Gasteiger charge is -2.40. The van der Waals surface area contributed by atoms with Crippen molar-refractivity contribution < 1.29 is 19.5 Å². The monoisotopic (exact) mass is 639 g/mol. The Bertz CT molecular complexity index is 2290. The molecule has 6 aromatic rings. The molecular formula is C39H37N5O4. The summed E-state index contributed by atoms with van der Waals surface area (Å²) in [5.41, 5.74) is 6.60. The molecular weight excluding hydrogens is 602 g/mol. The first-order chi connectivity index (χ1) is 23.2. The van der Waals surface area contributed by atoms with Crippen molar-refractivity contribution in [2.24, 2.45) is 14.1 Å². The fourth-order valence-corrected chi connectivity index (χ4v) is 7.92. The van der Waals surface area contributed by atoms with E-state index < -0.39 is 11.5 Å². The number of fused-ring (bicyclic) bond motifs is 3. The smallest absolute Gasteiger partial charge is 0.352 e. The largest absolute Gasteiger partial charge is 0.477 e. The normalized spacial score (nSPS) is 16.0. The van der Waals surface area contributed by atoms with Crippen molar-refractivity contribution in [1.82, 2.24) is 19.4 Å². The molecule has 2 amide bonds. The molecule has 0 atom stereocenters. The number of carbonyl (C=O) groups excluding carboxylic acids is 2. The first-order valence-corrected chi connectivity index (χ1v) is 16.7. The van der Waals surface area contributed by atoms with E-state index in [0.29, 0.717) is 35.4 Å². The number of aromatic nitrogens is 3. The minimum atomic E-state index is -1.02. The Morgan fingerprint density at radius 1 is 0.854 bits per heavy atom. The van der Waals surface area contributed by atoms with Crippen LogP contribution in [-0.4, -0.2) is 42.5 Å². The molecule has 0 bridgehead atoms. The van der Waals surface area contributed by atoms with E-state index in [1.807, 2.05) is 24.4 Å². The van der Waals surface area contributed by atoms with Gasteiger partial charge in [-0.2, -0.15) is 0 Å². The summed E-state index contributed by atoms with van der Waals surface area (Å²) in [6.45, 7) is 0. The van der Waals surface area contributed by atoms with Gasteiger partial charge >= 0.3 is 5.97 Å². The van der Waals surface area contributed by atoms with E-state index in [0.717, 1.165) is 46.8 Å². The quantitative estimate of drug-likeness (QED) is 0.167. The molecule has 2 fully saturated rings. The van der Waals surface area contributed by atoms with Crippen LogP contribution < -0.4 is 10.6 Å². The fourth-order valence-electron chi connectivity index (χ4n) is 7.92. The van der Waals surface area contributed by atoms with Gasteiger partial charge in [0.1, 0.15) is 11.2 Å². The first-order valence-electron chi connectivity index (χ1n) is 16.7. The van der Waals surface area contributed by atoms with Crippen LogP contribution in [0.25, 0.3) is 44.0 Å². The maximum Gasteiger partial charge on any atom is 0.352 e. The lowest BCUT2D eigenvalue weighted by atomic mass is 9.75. The molecule has 2 aliphatic rings. The molecule has 0 aliphatic heterocycles. The highest BCUT2D eigenvalue weighted by molar-refractivity contribution is 6.07. The molecule has 0 saturated heterocycles. The van der Waals surface area contributed by atoms with Crippen LogP contribution in [0.4, 0.5) is 5.69 Å². The first kappa shape index (κ1) is 29.9. The standard InChI is InChI=1S/C39H37N5O4/c1-43-31-15-12-28(20-27(31)22-33(43)37(46)47)41-38(48)39(16-6-17-39)42-36(45)26-10-13-29-32(21-26)44(2)35(34(29)23-7-3-4-8-23)25-11-14-30-24(19-25)9-5-18-40-30/h5,9-15,18-23H,3-4,6-8,16-17H2,1-2H3,(H,41,48)(H,42,45)(H,46,47). The van der Waals surface area contributed by atoms with Crippen molar-refractivity contribution in [3.8, 4) is 11.3 Å². The minimum absolute atomic E-state index is 0.170. The second-order valence-corrected chi connectivity index (χ2v) is 13.5. The van der Waals surface area contributed by atoms with E-state index in [9.17, 15) is 19.5 Å². The highest BCUT2D eigenvalue weighted by Crippen LogP contribution is 2.45. The minimum Gasteiger partial charge on any atom is -0.477 e. The number of amides is 2. The third-order valence-electron chi connectivity index (χ3n) is 10.7. The second-order valence-electron chi connectivity index (χ2n) is 13.5. The van der Waals surface area contributed by atoms with Crippen molar-refractivity contribution in [2.45, 2.75) is 56.4 Å². The average Bonchev–Trinajstić information content (AvgIpc) is 3.79. The number of hydrogen-bond donors (Lipinski definition) is 3. The average molecular weight is 640 g/mol. The van der Waals surface area contributed by atoms with Crippen molar-refractivity contribution in [3.05, 3.63) is 95.8 Å². The number of benzene rings is 3. The molecule has 9 nitrogen and oxygen atoms in total. The van der Waals surface area contributed by atoms with Gasteiger partial charge in [0.15, 0.2) is 0 Å². The number of anilines is 1. The maximum atomic E-state index is 13.8. The van der Waals surface area contributed by atoms with Crippen molar-refractivity contribution in [1.29, 1.82) is 0 Å². The molecule has 3 heterocycles. The lowest BCUT2D eigenvalue weighted by molar-refractivity contribution is -0.125. The number of carbonyl (C=O) groups is 3. The number of carboxylic acids is 1. The van der Waals surface area contributed by atoms with Gasteiger partial charge in [0.05, 0.1) is 11.2 Å². The van der Waals surface area contributed by atoms with E-state index >= 15 is 0 Å². The molecule has 0 radical (unpaired) electrons. The third-order valence-corrected chi connectivity index (χ3v) is 10.7. The van der Waals surface area contributed by atoms with Gasteiger partial charge in [-0.3, -0.25) is 14.6 Å². The predicted molar refractivity (Wildman–Crippen MR) is 187 cm³/mol. The molecule has 0 spiro atoms. The van der Waals surface area contributed by atoms with Crippen LogP contribution in [0.2, 0.25) is 0 Å². The van der Waals surface area contributed by atoms with Crippen LogP contribution in [0, 0.1) is 0 Å². The number of carboxylic acid groups (broad SMARTS) is 1. The zero-order valence-corrected chi connectivity index (χ0v) is 27.0.